The summed E-state index contributed by atoms with van der Waals surface area (Å²) in [5.74, 6) is -1.09. The van der Waals surface area contributed by atoms with Crippen LogP contribution in [0.15, 0.2) is 11.4 Å². The molecule has 1 aromatic heterocycles. The second-order valence-electron chi connectivity index (χ2n) is 5.28. The van der Waals surface area contributed by atoms with Crippen LogP contribution in [0.25, 0.3) is 0 Å². The summed E-state index contributed by atoms with van der Waals surface area (Å²) in [6.07, 6.45) is 5.20. The van der Waals surface area contributed by atoms with E-state index in [2.05, 4.69) is 5.32 Å². The fourth-order valence-corrected chi connectivity index (χ4v) is 3.71. The minimum atomic E-state index is -0.824. The first-order chi connectivity index (χ1) is 9.55. The summed E-state index contributed by atoms with van der Waals surface area (Å²) in [5.41, 5.74) is -0.824. The number of carboxylic acids is 1. The molecule has 110 valence electrons. The van der Waals surface area contributed by atoms with Gasteiger partial charge >= 0.3 is 5.97 Å². The molecule has 0 saturated heterocycles. The highest BCUT2D eigenvalue weighted by Crippen LogP contribution is 2.35. The van der Waals surface area contributed by atoms with E-state index in [-0.39, 0.29) is 12.5 Å². The monoisotopic (exact) mass is 315 g/mol. The Labute approximate surface area is 127 Å². The average molecular weight is 316 g/mol. The Morgan fingerprint density at radius 2 is 1.95 bits per heavy atom. The third kappa shape index (κ3) is 3.33. The minimum Gasteiger partial charge on any atom is -0.481 e. The van der Waals surface area contributed by atoms with Crippen LogP contribution in [-0.2, 0) is 4.79 Å². The van der Waals surface area contributed by atoms with E-state index < -0.39 is 11.4 Å². The molecule has 1 aliphatic rings. The fourth-order valence-electron chi connectivity index (χ4n) is 2.66. The molecule has 1 aromatic rings. The Hall–Kier alpha value is -1.07. The van der Waals surface area contributed by atoms with Gasteiger partial charge in [-0.15, -0.1) is 11.3 Å². The van der Waals surface area contributed by atoms with Crippen molar-refractivity contribution < 1.29 is 14.7 Å². The predicted molar refractivity (Wildman–Crippen MR) is 79.4 cm³/mol. The van der Waals surface area contributed by atoms with E-state index in [1.807, 2.05) is 0 Å². The van der Waals surface area contributed by atoms with E-state index in [0.717, 1.165) is 25.7 Å². The van der Waals surface area contributed by atoms with E-state index in [9.17, 15) is 14.7 Å². The summed E-state index contributed by atoms with van der Waals surface area (Å²) in [4.78, 5) is 24.1. The molecular weight excluding hydrogens is 298 g/mol. The summed E-state index contributed by atoms with van der Waals surface area (Å²) in [5, 5.41) is 14.4. The van der Waals surface area contributed by atoms with Crippen LogP contribution in [0.3, 0.4) is 0 Å². The first-order valence-corrected chi connectivity index (χ1v) is 8.05. The third-order valence-corrected chi connectivity index (χ3v) is 5.27. The Balaban J connectivity index is 2.04. The van der Waals surface area contributed by atoms with Crippen LogP contribution in [0.5, 0.6) is 0 Å². The predicted octanol–water partition coefficient (Wildman–Crippen LogP) is 3.56. The lowest BCUT2D eigenvalue weighted by Gasteiger charge is -2.28. The molecule has 1 aliphatic carbocycles. The number of hydrogen-bond acceptors (Lipinski definition) is 3. The lowest BCUT2D eigenvalue weighted by atomic mass is 9.80. The van der Waals surface area contributed by atoms with Crippen molar-refractivity contribution in [2.24, 2.45) is 5.41 Å². The number of halogens is 1. The minimum absolute atomic E-state index is 0.176. The van der Waals surface area contributed by atoms with Crippen molar-refractivity contribution in [3.8, 4) is 0 Å². The second-order valence-corrected chi connectivity index (χ2v) is 6.60. The zero-order chi connectivity index (χ0) is 14.6. The molecule has 2 N–H and O–H groups in total. The number of rotatable bonds is 4. The maximum atomic E-state index is 12.0. The van der Waals surface area contributed by atoms with Crippen molar-refractivity contribution in [1.82, 2.24) is 5.32 Å². The van der Waals surface area contributed by atoms with Crippen LogP contribution in [0.4, 0.5) is 0 Å². The molecule has 20 heavy (non-hydrogen) atoms. The van der Waals surface area contributed by atoms with Crippen LogP contribution >= 0.6 is 22.9 Å². The largest absolute Gasteiger partial charge is 0.481 e. The van der Waals surface area contributed by atoms with Gasteiger partial charge in [-0.05, 0) is 24.3 Å². The fraction of sp³-hybridized carbons (Fsp3) is 0.571. The number of amides is 1. The van der Waals surface area contributed by atoms with Crippen molar-refractivity contribution in [3.63, 3.8) is 0 Å². The van der Waals surface area contributed by atoms with Crippen LogP contribution < -0.4 is 5.32 Å². The average Bonchev–Trinajstić information content (AvgIpc) is 2.71. The Morgan fingerprint density at radius 1 is 1.30 bits per heavy atom. The van der Waals surface area contributed by atoms with Crippen molar-refractivity contribution in [1.29, 1.82) is 0 Å². The van der Waals surface area contributed by atoms with Gasteiger partial charge in [0.1, 0.15) is 4.88 Å². The molecule has 0 unspecified atom stereocenters. The van der Waals surface area contributed by atoms with E-state index in [0.29, 0.717) is 22.7 Å². The summed E-state index contributed by atoms with van der Waals surface area (Å²) >= 11 is 7.18. The SMILES string of the molecule is O=C(NCC1(C(=O)O)CCCCCC1)c1sccc1Cl. The number of nitrogens with one attached hydrogen (secondary N) is 1. The Morgan fingerprint density at radius 3 is 2.45 bits per heavy atom. The molecule has 1 fully saturated rings. The normalized spacial score (nSPS) is 18.2. The zero-order valence-corrected chi connectivity index (χ0v) is 12.7. The number of aliphatic carboxylic acids is 1. The zero-order valence-electron chi connectivity index (χ0n) is 11.2. The van der Waals surface area contributed by atoms with Gasteiger partial charge in [0, 0.05) is 6.54 Å². The van der Waals surface area contributed by atoms with Crippen molar-refractivity contribution in [3.05, 3.63) is 21.3 Å². The molecular formula is C14H18ClNO3S. The van der Waals surface area contributed by atoms with E-state index >= 15 is 0 Å². The molecule has 0 atom stereocenters. The maximum Gasteiger partial charge on any atom is 0.311 e. The summed E-state index contributed by atoms with van der Waals surface area (Å²) in [6.45, 7) is 0.176. The summed E-state index contributed by atoms with van der Waals surface area (Å²) < 4.78 is 0. The highest BCUT2D eigenvalue weighted by molar-refractivity contribution is 7.12. The van der Waals surface area contributed by atoms with Crippen molar-refractivity contribution >= 4 is 34.8 Å². The van der Waals surface area contributed by atoms with Crippen LogP contribution in [0.2, 0.25) is 5.02 Å². The van der Waals surface area contributed by atoms with Gasteiger partial charge in [-0.1, -0.05) is 37.3 Å². The first-order valence-electron chi connectivity index (χ1n) is 6.80. The number of carbonyl (C=O) groups excluding carboxylic acids is 1. The standard InChI is InChI=1S/C14H18ClNO3S/c15-10-5-8-20-11(10)12(17)16-9-14(13(18)19)6-3-1-2-4-7-14/h5,8H,1-4,6-7,9H2,(H,16,17)(H,18,19). The van der Waals surface area contributed by atoms with Crippen LogP contribution in [0.1, 0.15) is 48.2 Å². The Bertz CT molecular complexity index is 492. The number of hydrogen-bond donors (Lipinski definition) is 2. The maximum absolute atomic E-state index is 12.0. The van der Waals surface area contributed by atoms with Crippen molar-refractivity contribution in [2.75, 3.05) is 6.54 Å². The van der Waals surface area contributed by atoms with Gasteiger partial charge in [0.05, 0.1) is 10.4 Å². The molecule has 0 radical (unpaired) electrons. The highest BCUT2D eigenvalue weighted by atomic mass is 35.5. The van der Waals surface area contributed by atoms with Crippen LogP contribution in [0, 0.1) is 5.41 Å². The molecule has 1 saturated carbocycles. The van der Waals surface area contributed by atoms with E-state index in [1.54, 1.807) is 11.4 Å². The van der Waals surface area contributed by atoms with E-state index in [1.165, 1.54) is 11.3 Å². The van der Waals surface area contributed by atoms with E-state index in [4.69, 9.17) is 11.6 Å². The van der Waals surface area contributed by atoms with Gasteiger partial charge in [0.15, 0.2) is 0 Å². The van der Waals surface area contributed by atoms with Gasteiger partial charge in [0.25, 0.3) is 5.91 Å². The lowest BCUT2D eigenvalue weighted by molar-refractivity contribution is -0.149. The molecule has 0 aliphatic heterocycles. The number of carbonyl (C=O) groups is 2. The quantitative estimate of drug-likeness (QED) is 0.835. The molecule has 1 heterocycles. The van der Waals surface area contributed by atoms with Crippen LogP contribution in [-0.4, -0.2) is 23.5 Å². The molecule has 0 spiro atoms. The molecule has 1 amide bonds. The third-order valence-electron chi connectivity index (χ3n) is 3.93. The number of carboxylic acid groups (broad SMARTS) is 1. The van der Waals surface area contributed by atoms with Gasteiger partial charge < -0.3 is 10.4 Å². The highest BCUT2D eigenvalue weighted by Gasteiger charge is 2.39. The Kier molecular flexibility index (Phi) is 5.05. The topological polar surface area (TPSA) is 66.4 Å². The lowest BCUT2D eigenvalue weighted by Crippen LogP contribution is -2.42. The van der Waals surface area contributed by atoms with Gasteiger partial charge in [-0.25, -0.2) is 0 Å². The van der Waals surface area contributed by atoms with Gasteiger partial charge in [-0.3, -0.25) is 9.59 Å². The molecule has 6 heteroatoms. The second kappa shape index (κ2) is 6.59. The van der Waals surface area contributed by atoms with Gasteiger partial charge in [-0.2, -0.15) is 0 Å². The summed E-state index contributed by atoms with van der Waals surface area (Å²) in [6, 6.07) is 1.67. The summed E-state index contributed by atoms with van der Waals surface area (Å²) in [7, 11) is 0. The van der Waals surface area contributed by atoms with Crippen molar-refractivity contribution in [2.45, 2.75) is 38.5 Å². The molecule has 4 nitrogen and oxygen atoms in total. The number of thiophene rings is 1. The smallest absolute Gasteiger partial charge is 0.311 e. The molecule has 2 rings (SSSR count). The molecule has 0 aromatic carbocycles. The van der Waals surface area contributed by atoms with Gasteiger partial charge in [0.2, 0.25) is 0 Å². The first kappa shape index (κ1) is 15.3. The molecule has 0 bridgehead atoms.